The van der Waals surface area contributed by atoms with Gasteiger partial charge in [-0.25, -0.2) is 0 Å². The number of aliphatic hydroxyl groups excluding tert-OH is 2. The van der Waals surface area contributed by atoms with Crippen molar-refractivity contribution in [3.63, 3.8) is 0 Å². The quantitative estimate of drug-likeness (QED) is 0.0421. The largest absolute Gasteiger partial charge is 0.394 e. The molecular weight excluding hydrogens is 759 g/mol. The van der Waals surface area contributed by atoms with Crippen molar-refractivity contribution in [1.29, 1.82) is 0 Å². The molecule has 364 valence electrons. The van der Waals surface area contributed by atoms with Crippen LogP contribution in [0.4, 0.5) is 0 Å². The highest BCUT2D eigenvalue weighted by Gasteiger charge is 2.18. The Kier molecular flexibility index (Phi) is 52.3. The molecule has 1 amide bonds. The van der Waals surface area contributed by atoms with Crippen LogP contribution >= 0.6 is 0 Å². The van der Waals surface area contributed by atoms with Crippen molar-refractivity contribution in [2.24, 2.45) is 0 Å². The summed E-state index contributed by atoms with van der Waals surface area (Å²) < 4.78 is 0. The summed E-state index contributed by atoms with van der Waals surface area (Å²) in [6.07, 6.45) is 74.1. The number of unbranched alkanes of at least 4 members (excludes halogenated alkanes) is 38. The number of hydrogen-bond acceptors (Lipinski definition) is 3. The minimum absolute atomic E-state index is 0.0762. The average Bonchev–Trinajstić information content (AvgIpc) is 3.28. The minimum atomic E-state index is -0.872. The zero-order valence-corrected chi connectivity index (χ0v) is 41.9. The zero-order valence-electron chi connectivity index (χ0n) is 41.9. The number of allylic oxidation sites excluding steroid dienone is 7. The fourth-order valence-corrected chi connectivity index (χ4v) is 8.50. The van der Waals surface area contributed by atoms with E-state index in [1.54, 1.807) is 6.08 Å². The molecule has 0 fully saturated rings. The Bertz CT molecular complexity index is 985. The number of hydrogen-bond donors (Lipinski definition) is 3. The van der Waals surface area contributed by atoms with Crippen LogP contribution in [0.3, 0.4) is 0 Å². The molecule has 0 aliphatic carbocycles. The van der Waals surface area contributed by atoms with Gasteiger partial charge in [-0.1, -0.05) is 268 Å². The van der Waals surface area contributed by atoms with E-state index in [0.29, 0.717) is 6.42 Å². The molecule has 0 aliphatic rings. The van der Waals surface area contributed by atoms with Gasteiger partial charge in [0.05, 0.1) is 18.8 Å². The Balaban J connectivity index is 3.56. The van der Waals surface area contributed by atoms with E-state index in [1.165, 1.54) is 238 Å². The number of amides is 1. The third kappa shape index (κ3) is 49.4. The van der Waals surface area contributed by atoms with Crippen LogP contribution in [-0.2, 0) is 4.79 Å². The smallest absolute Gasteiger partial charge is 0.220 e. The molecule has 0 aromatic rings. The normalized spacial score (nSPS) is 13.2. The average molecular weight is 869 g/mol. The molecule has 0 aromatic heterocycles. The third-order valence-electron chi connectivity index (χ3n) is 12.8. The molecule has 0 bridgehead atoms. The van der Waals surface area contributed by atoms with Crippen LogP contribution in [0.1, 0.15) is 296 Å². The number of carbonyl (C=O) groups excluding carboxylic acids is 1. The lowest BCUT2D eigenvalue weighted by molar-refractivity contribution is -0.123. The second kappa shape index (κ2) is 53.7. The fourth-order valence-electron chi connectivity index (χ4n) is 8.50. The Hall–Kier alpha value is -1.65. The van der Waals surface area contributed by atoms with E-state index in [-0.39, 0.29) is 12.5 Å². The molecule has 0 saturated carbocycles. The zero-order chi connectivity index (χ0) is 44.9. The van der Waals surface area contributed by atoms with Gasteiger partial charge in [0.25, 0.3) is 0 Å². The van der Waals surface area contributed by atoms with Crippen molar-refractivity contribution in [1.82, 2.24) is 5.32 Å². The van der Waals surface area contributed by atoms with Gasteiger partial charge in [0.1, 0.15) is 0 Å². The van der Waals surface area contributed by atoms with E-state index in [2.05, 4.69) is 55.6 Å². The second-order valence-corrected chi connectivity index (χ2v) is 19.0. The van der Waals surface area contributed by atoms with Crippen LogP contribution < -0.4 is 5.32 Å². The first-order valence-corrected chi connectivity index (χ1v) is 27.9. The molecule has 0 aromatic carbocycles. The van der Waals surface area contributed by atoms with Crippen molar-refractivity contribution >= 4 is 5.91 Å². The standard InChI is InChI=1S/C58H109NO3/c1-3-5-7-9-11-13-15-17-19-21-23-25-27-28-29-30-32-33-35-37-39-41-43-45-47-49-51-53-57(61)56(55-60)59-58(62)54-52-50-48-46-44-42-40-38-36-34-31-26-24-22-20-18-16-14-12-10-8-6-4-2/h22,24,35,37,43,45,51,53,56-57,60-61H,3-21,23,25-34,36,38-42,44,46-50,52,54-55H2,1-2H3,(H,59,62)/b24-22-,37-35+,45-43+,53-51+. The molecule has 0 rings (SSSR count). The number of aliphatic hydroxyl groups is 2. The number of carbonyl (C=O) groups is 1. The summed E-state index contributed by atoms with van der Waals surface area (Å²) >= 11 is 0. The first-order valence-electron chi connectivity index (χ1n) is 27.9. The third-order valence-corrected chi connectivity index (χ3v) is 12.8. The molecule has 0 aliphatic heterocycles. The summed E-state index contributed by atoms with van der Waals surface area (Å²) in [5.74, 6) is -0.0762. The van der Waals surface area contributed by atoms with E-state index in [0.717, 1.165) is 38.5 Å². The SMILES string of the molecule is CCCCCCCCCC/C=C\CCCCCCCCCCCCCC(=O)NC(CO)C(O)/C=C/CC/C=C/CC/C=C/CCCCCCCCCCCCCCCCCCC. The molecule has 4 nitrogen and oxygen atoms in total. The highest BCUT2D eigenvalue weighted by Crippen LogP contribution is 2.16. The maximum absolute atomic E-state index is 12.5. The summed E-state index contributed by atoms with van der Waals surface area (Å²) in [7, 11) is 0. The lowest BCUT2D eigenvalue weighted by Crippen LogP contribution is -2.45. The summed E-state index contributed by atoms with van der Waals surface area (Å²) in [6, 6.07) is -0.647. The van der Waals surface area contributed by atoms with Gasteiger partial charge >= 0.3 is 0 Å². The Morgan fingerprint density at radius 2 is 0.629 bits per heavy atom. The van der Waals surface area contributed by atoms with E-state index < -0.39 is 12.1 Å². The predicted octanol–water partition coefficient (Wildman–Crippen LogP) is 18.3. The summed E-state index contributed by atoms with van der Waals surface area (Å²) in [4.78, 5) is 12.5. The van der Waals surface area contributed by atoms with E-state index in [4.69, 9.17) is 0 Å². The second-order valence-electron chi connectivity index (χ2n) is 19.0. The minimum Gasteiger partial charge on any atom is -0.394 e. The topological polar surface area (TPSA) is 69.6 Å². The molecule has 62 heavy (non-hydrogen) atoms. The van der Waals surface area contributed by atoms with Gasteiger partial charge in [-0.15, -0.1) is 0 Å². The van der Waals surface area contributed by atoms with Gasteiger partial charge in [-0.2, -0.15) is 0 Å². The van der Waals surface area contributed by atoms with Crippen molar-refractivity contribution in [3.8, 4) is 0 Å². The molecule has 0 saturated heterocycles. The van der Waals surface area contributed by atoms with Gasteiger partial charge in [0, 0.05) is 6.42 Å². The molecule has 2 atom stereocenters. The van der Waals surface area contributed by atoms with Gasteiger partial charge in [-0.3, -0.25) is 4.79 Å². The van der Waals surface area contributed by atoms with Gasteiger partial charge < -0.3 is 15.5 Å². The Labute approximate surface area is 388 Å². The predicted molar refractivity (Wildman–Crippen MR) is 276 cm³/mol. The Morgan fingerprint density at radius 3 is 0.935 bits per heavy atom. The molecular formula is C58H109NO3. The lowest BCUT2D eigenvalue weighted by Gasteiger charge is -2.19. The Morgan fingerprint density at radius 1 is 0.371 bits per heavy atom. The van der Waals surface area contributed by atoms with Gasteiger partial charge in [-0.05, 0) is 70.6 Å². The maximum atomic E-state index is 12.5. The van der Waals surface area contributed by atoms with E-state index in [1.807, 2.05) is 6.08 Å². The first-order chi connectivity index (χ1) is 30.7. The molecule has 0 heterocycles. The van der Waals surface area contributed by atoms with Crippen LogP contribution in [0.25, 0.3) is 0 Å². The first kappa shape index (κ1) is 60.4. The van der Waals surface area contributed by atoms with Crippen LogP contribution in [0.5, 0.6) is 0 Å². The van der Waals surface area contributed by atoms with Crippen LogP contribution in [-0.4, -0.2) is 34.9 Å². The number of rotatable bonds is 51. The highest BCUT2D eigenvalue weighted by molar-refractivity contribution is 5.76. The number of nitrogens with one attached hydrogen (secondary N) is 1. The maximum Gasteiger partial charge on any atom is 0.220 e. The fraction of sp³-hybridized carbons (Fsp3) is 0.845. The summed E-state index contributed by atoms with van der Waals surface area (Å²) in [6.45, 7) is 4.32. The lowest BCUT2D eigenvalue weighted by atomic mass is 10.0. The van der Waals surface area contributed by atoms with Crippen molar-refractivity contribution in [3.05, 3.63) is 48.6 Å². The monoisotopic (exact) mass is 868 g/mol. The van der Waals surface area contributed by atoms with E-state index >= 15 is 0 Å². The van der Waals surface area contributed by atoms with Crippen molar-refractivity contribution in [2.45, 2.75) is 309 Å². The van der Waals surface area contributed by atoms with Crippen LogP contribution in [0.15, 0.2) is 48.6 Å². The van der Waals surface area contributed by atoms with Gasteiger partial charge in [0.15, 0.2) is 0 Å². The summed E-state index contributed by atoms with van der Waals surface area (Å²) in [5.41, 5.74) is 0. The summed E-state index contributed by atoms with van der Waals surface area (Å²) in [5, 5.41) is 23.1. The molecule has 0 spiro atoms. The molecule has 4 heteroatoms. The van der Waals surface area contributed by atoms with Crippen LogP contribution in [0, 0.1) is 0 Å². The molecule has 3 N–H and O–H groups in total. The molecule has 0 radical (unpaired) electrons. The highest BCUT2D eigenvalue weighted by atomic mass is 16.3. The van der Waals surface area contributed by atoms with E-state index in [9.17, 15) is 15.0 Å². The van der Waals surface area contributed by atoms with Gasteiger partial charge in [0.2, 0.25) is 5.91 Å². The van der Waals surface area contributed by atoms with Crippen LogP contribution in [0.2, 0.25) is 0 Å². The van der Waals surface area contributed by atoms with Crippen molar-refractivity contribution < 1.29 is 15.0 Å². The molecule has 2 unspecified atom stereocenters. The van der Waals surface area contributed by atoms with Crippen molar-refractivity contribution in [2.75, 3.05) is 6.61 Å².